The van der Waals surface area contributed by atoms with Crippen LogP contribution in [-0.4, -0.2) is 74.8 Å². The van der Waals surface area contributed by atoms with Crippen LogP contribution in [0.1, 0.15) is 20.1 Å². The minimum atomic E-state index is -0.839. The van der Waals surface area contributed by atoms with E-state index in [1.54, 1.807) is 30.4 Å². The molecule has 152 valence electrons. The van der Waals surface area contributed by atoms with Gasteiger partial charge in [-0.15, -0.1) is 0 Å². The molecule has 5 N–H and O–H groups in total. The number of likely N-dealkylation sites (N-methyl/N-ethyl adjacent to an activating group) is 1. The topological polar surface area (TPSA) is 164 Å². The fourth-order valence-electron chi connectivity index (χ4n) is 3.74. The lowest BCUT2D eigenvalue weighted by Gasteiger charge is -2.26. The number of nitrogens with zero attached hydrogens (tertiary/aromatic N) is 5. The van der Waals surface area contributed by atoms with Gasteiger partial charge < -0.3 is 35.7 Å². The summed E-state index contributed by atoms with van der Waals surface area (Å²) in [5, 5.41) is 9.75. The van der Waals surface area contributed by atoms with Crippen LogP contribution in [0.25, 0.3) is 11.2 Å². The highest BCUT2D eigenvalue weighted by atomic mass is 16.8. The van der Waals surface area contributed by atoms with Gasteiger partial charge in [0.2, 0.25) is 11.9 Å². The van der Waals surface area contributed by atoms with E-state index in [1.165, 1.54) is 6.33 Å². The van der Waals surface area contributed by atoms with Crippen LogP contribution in [0.3, 0.4) is 0 Å². The molecule has 12 heteroatoms. The zero-order valence-corrected chi connectivity index (χ0v) is 15.8. The Morgan fingerprint density at radius 3 is 2.75 bits per heavy atom. The standard InChI is InChI=1S/C16H23N7O5/c1-16(2)27-10-7(5-24)26-14(11(10)28-16)23-13-9(12(18)19-6-20-13)21-15(23)22(3)4-8(17)25/h6-7,10-11,14,24H,4-5H2,1-3H3,(H2,17,25)(H2,18,19,20)/t7-,10-,11-,14-/m1/s1. The molecule has 2 saturated heterocycles. The number of aliphatic hydroxyl groups excluding tert-OH is 1. The van der Waals surface area contributed by atoms with E-state index in [4.69, 9.17) is 25.7 Å². The Bertz CT molecular complexity index is 916. The maximum absolute atomic E-state index is 11.4. The summed E-state index contributed by atoms with van der Waals surface area (Å²) in [6.07, 6.45) is -0.992. The van der Waals surface area contributed by atoms with E-state index in [0.717, 1.165) is 0 Å². The van der Waals surface area contributed by atoms with Gasteiger partial charge in [-0.1, -0.05) is 0 Å². The number of hydrogen-bond acceptors (Lipinski definition) is 10. The lowest BCUT2D eigenvalue weighted by atomic mass is 10.1. The summed E-state index contributed by atoms with van der Waals surface area (Å²) < 4.78 is 19.7. The highest BCUT2D eigenvalue weighted by molar-refractivity contribution is 5.85. The molecule has 2 aliphatic heterocycles. The van der Waals surface area contributed by atoms with E-state index in [1.807, 2.05) is 0 Å². The summed E-state index contributed by atoms with van der Waals surface area (Å²) in [5.41, 5.74) is 12.1. The molecule has 2 fully saturated rings. The van der Waals surface area contributed by atoms with Crippen molar-refractivity contribution in [2.45, 2.75) is 44.2 Å². The van der Waals surface area contributed by atoms with Gasteiger partial charge in [-0.05, 0) is 13.8 Å². The number of imidazole rings is 1. The molecule has 2 aromatic rings. The van der Waals surface area contributed by atoms with Crippen LogP contribution in [0.5, 0.6) is 0 Å². The van der Waals surface area contributed by atoms with Gasteiger partial charge in [-0.2, -0.15) is 0 Å². The molecule has 28 heavy (non-hydrogen) atoms. The Morgan fingerprint density at radius 1 is 1.36 bits per heavy atom. The quantitative estimate of drug-likeness (QED) is 0.558. The van der Waals surface area contributed by atoms with E-state index in [2.05, 4.69) is 15.0 Å². The molecule has 0 saturated carbocycles. The van der Waals surface area contributed by atoms with Gasteiger partial charge in [-0.25, -0.2) is 15.0 Å². The Balaban J connectivity index is 1.85. The lowest BCUT2D eigenvalue weighted by Crippen LogP contribution is -2.35. The molecule has 0 radical (unpaired) electrons. The minimum absolute atomic E-state index is 0.0796. The number of aromatic nitrogens is 4. The number of amides is 1. The first-order chi connectivity index (χ1) is 13.2. The van der Waals surface area contributed by atoms with Crippen molar-refractivity contribution in [3.8, 4) is 0 Å². The Labute approximate surface area is 160 Å². The molecule has 0 unspecified atom stereocenters. The number of carbonyl (C=O) groups excluding carboxylic acids is 1. The van der Waals surface area contributed by atoms with Crippen LogP contribution in [0.2, 0.25) is 0 Å². The highest BCUT2D eigenvalue weighted by Gasteiger charge is 2.56. The van der Waals surface area contributed by atoms with E-state index < -0.39 is 36.2 Å². The van der Waals surface area contributed by atoms with Gasteiger partial charge in [0.1, 0.15) is 24.6 Å². The fraction of sp³-hybridized carbons (Fsp3) is 0.625. The summed E-state index contributed by atoms with van der Waals surface area (Å²) in [5.74, 6) is -0.819. The number of nitrogen functional groups attached to an aromatic ring is 1. The van der Waals surface area contributed by atoms with Crippen molar-refractivity contribution in [1.29, 1.82) is 0 Å². The van der Waals surface area contributed by atoms with Gasteiger partial charge in [0.05, 0.1) is 13.2 Å². The van der Waals surface area contributed by atoms with E-state index in [-0.39, 0.29) is 19.0 Å². The second-order valence-corrected chi connectivity index (χ2v) is 7.35. The minimum Gasteiger partial charge on any atom is -0.394 e. The summed E-state index contributed by atoms with van der Waals surface area (Å²) in [6, 6.07) is 0. The van der Waals surface area contributed by atoms with Crippen molar-refractivity contribution in [2.24, 2.45) is 5.73 Å². The second-order valence-electron chi connectivity index (χ2n) is 7.35. The van der Waals surface area contributed by atoms with Crippen molar-refractivity contribution in [3.05, 3.63) is 6.33 Å². The van der Waals surface area contributed by atoms with Crippen LogP contribution < -0.4 is 16.4 Å². The van der Waals surface area contributed by atoms with Crippen molar-refractivity contribution in [3.63, 3.8) is 0 Å². The second kappa shape index (κ2) is 6.51. The van der Waals surface area contributed by atoms with E-state index >= 15 is 0 Å². The summed E-state index contributed by atoms with van der Waals surface area (Å²) in [4.78, 5) is 25.8. The third kappa shape index (κ3) is 2.94. The number of rotatable bonds is 5. The van der Waals surface area contributed by atoms with Crippen molar-refractivity contribution in [2.75, 3.05) is 30.8 Å². The first kappa shape index (κ1) is 18.8. The molecule has 0 aliphatic carbocycles. The first-order valence-electron chi connectivity index (χ1n) is 8.81. The molecule has 4 heterocycles. The summed E-state index contributed by atoms with van der Waals surface area (Å²) in [6.45, 7) is 3.27. The molecule has 12 nitrogen and oxygen atoms in total. The molecule has 0 bridgehead atoms. The number of hydrogen-bond donors (Lipinski definition) is 3. The van der Waals surface area contributed by atoms with Crippen molar-refractivity contribution in [1.82, 2.24) is 19.5 Å². The zero-order chi connectivity index (χ0) is 20.2. The maximum atomic E-state index is 11.4. The highest BCUT2D eigenvalue weighted by Crippen LogP contribution is 2.45. The smallest absolute Gasteiger partial charge is 0.237 e. The number of fused-ring (bicyclic) bond motifs is 2. The monoisotopic (exact) mass is 393 g/mol. The third-order valence-electron chi connectivity index (χ3n) is 4.78. The molecule has 1 amide bonds. The normalized spacial score (nSPS) is 28.6. The Morgan fingerprint density at radius 2 is 2.07 bits per heavy atom. The molecule has 2 aliphatic rings. The van der Waals surface area contributed by atoms with E-state index in [9.17, 15) is 9.90 Å². The number of aliphatic hydroxyl groups is 1. The molecule has 2 aromatic heterocycles. The summed E-state index contributed by atoms with van der Waals surface area (Å²) >= 11 is 0. The first-order valence-corrected chi connectivity index (χ1v) is 8.81. The molecule has 4 rings (SSSR count). The fourth-order valence-corrected chi connectivity index (χ4v) is 3.74. The summed E-state index contributed by atoms with van der Waals surface area (Å²) in [7, 11) is 1.66. The van der Waals surface area contributed by atoms with Gasteiger partial charge in [-0.3, -0.25) is 9.36 Å². The third-order valence-corrected chi connectivity index (χ3v) is 4.78. The van der Waals surface area contributed by atoms with Gasteiger partial charge in [0, 0.05) is 7.05 Å². The van der Waals surface area contributed by atoms with Crippen LogP contribution >= 0.6 is 0 Å². The van der Waals surface area contributed by atoms with Gasteiger partial charge in [0.15, 0.2) is 29.0 Å². The maximum Gasteiger partial charge on any atom is 0.237 e. The largest absolute Gasteiger partial charge is 0.394 e. The predicted molar refractivity (Wildman–Crippen MR) is 97.0 cm³/mol. The van der Waals surface area contributed by atoms with Crippen LogP contribution in [-0.2, 0) is 19.0 Å². The zero-order valence-electron chi connectivity index (χ0n) is 15.8. The Hall–Kier alpha value is -2.54. The molecule has 4 atom stereocenters. The number of nitrogens with two attached hydrogens (primary N) is 2. The van der Waals surface area contributed by atoms with Crippen LogP contribution in [0.15, 0.2) is 6.33 Å². The number of anilines is 2. The van der Waals surface area contributed by atoms with Crippen molar-refractivity contribution < 1.29 is 24.1 Å². The average molecular weight is 393 g/mol. The molecular weight excluding hydrogens is 370 g/mol. The van der Waals surface area contributed by atoms with Crippen molar-refractivity contribution >= 4 is 28.8 Å². The van der Waals surface area contributed by atoms with Crippen LogP contribution in [0, 0.1) is 0 Å². The van der Waals surface area contributed by atoms with Gasteiger partial charge >= 0.3 is 0 Å². The van der Waals surface area contributed by atoms with Gasteiger partial charge in [0.25, 0.3) is 0 Å². The SMILES string of the molecule is CN(CC(N)=O)c1nc2c(N)ncnc2n1[C@@H]1O[C@H](CO)[C@H]2OC(C)(C)O[C@H]21. The number of primary amides is 1. The molecule has 0 spiro atoms. The van der Waals surface area contributed by atoms with Crippen LogP contribution in [0.4, 0.5) is 11.8 Å². The number of ether oxygens (including phenoxy) is 3. The van der Waals surface area contributed by atoms with E-state index in [0.29, 0.717) is 17.1 Å². The predicted octanol–water partition coefficient (Wildman–Crippen LogP) is -1.26. The molecular formula is C16H23N7O5. The average Bonchev–Trinajstić information content (AvgIpc) is 3.23. The number of carbonyl (C=O) groups is 1. The molecule has 0 aromatic carbocycles. The lowest BCUT2D eigenvalue weighted by molar-refractivity contribution is -0.199. The Kier molecular flexibility index (Phi) is 4.38.